The summed E-state index contributed by atoms with van der Waals surface area (Å²) in [5.41, 5.74) is 1.67. The monoisotopic (exact) mass is 486 g/mol. The standard InChI is InChI=1S/C31H44ClFO/c1-2-3-4-5-21-6-8-22(9-7-21)23-10-12-24(13-11-23)25-14-16-26(17-15-25)27-18-19-28(29-20-34-29)31(33)30(27)32/h2-3,18-19,21-26,29H,4-17,20H2,1H3/b3-2+. The van der Waals surface area contributed by atoms with E-state index >= 15 is 0 Å². The minimum atomic E-state index is -0.242. The summed E-state index contributed by atoms with van der Waals surface area (Å²) in [4.78, 5) is 0. The molecule has 0 amide bonds. The van der Waals surface area contributed by atoms with E-state index in [1.54, 1.807) is 0 Å². The maximum absolute atomic E-state index is 14.7. The Balaban J connectivity index is 1.05. The van der Waals surface area contributed by atoms with E-state index in [1.165, 1.54) is 89.9 Å². The van der Waals surface area contributed by atoms with Gasteiger partial charge < -0.3 is 4.74 Å². The van der Waals surface area contributed by atoms with E-state index in [0.717, 1.165) is 35.2 Å². The quantitative estimate of drug-likeness (QED) is 0.276. The average molecular weight is 487 g/mol. The van der Waals surface area contributed by atoms with Crippen LogP contribution in [-0.4, -0.2) is 6.61 Å². The summed E-state index contributed by atoms with van der Waals surface area (Å²) in [6.07, 6.45) is 23.9. The van der Waals surface area contributed by atoms with E-state index in [4.69, 9.17) is 16.3 Å². The van der Waals surface area contributed by atoms with Crippen molar-refractivity contribution in [2.24, 2.45) is 29.6 Å². The highest BCUT2D eigenvalue weighted by Crippen LogP contribution is 2.48. The highest BCUT2D eigenvalue weighted by molar-refractivity contribution is 6.31. The van der Waals surface area contributed by atoms with Crippen molar-refractivity contribution in [3.05, 3.63) is 46.3 Å². The number of hydrogen-bond donors (Lipinski definition) is 0. The van der Waals surface area contributed by atoms with E-state index in [0.29, 0.717) is 23.1 Å². The average Bonchev–Trinajstić information content (AvgIpc) is 3.72. The van der Waals surface area contributed by atoms with Crippen LogP contribution < -0.4 is 0 Å². The van der Waals surface area contributed by atoms with Crippen LogP contribution in [0.5, 0.6) is 0 Å². The minimum absolute atomic E-state index is 0.0735. The summed E-state index contributed by atoms with van der Waals surface area (Å²) in [6.45, 7) is 2.76. The van der Waals surface area contributed by atoms with E-state index in [2.05, 4.69) is 25.1 Å². The molecular formula is C31H44ClFO. The Hall–Kier alpha value is -0.860. The van der Waals surface area contributed by atoms with Crippen LogP contribution in [0.4, 0.5) is 4.39 Å². The molecule has 1 saturated heterocycles. The Morgan fingerprint density at radius 2 is 1.32 bits per heavy atom. The highest BCUT2D eigenvalue weighted by atomic mass is 35.5. The molecule has 1 aromatic rings. The van der Waals surface area contributed by atoms with Crippen LogP contribution >= 0.6 is 11.6 Å². The second-order valence-corrected chi connectivity index (χ2v) is 12.3. The normalized spacial score (nSPS) is 36.6. The van der Waals surface area contributed by atoms with Gasteiger partial charge in [0, 0.05) is 5.56 Å². The molecule has 1 aromatic carbocycles. The molecule has 0 aromatic heterocycles. The smallest absolute Gasteiger partial charge is 0.147 e. The lowest BCUT2D eigenvalue weighted by molar-refractivity contribution is 0.109. The van der Waals surface area contributed by atoms with Gasteiger partial charge in [0.15, 0.2) is 0 Å². The Kier molecular flexibility index (Phi) is 8.37. The number of halogens is 2. The predicted octanol–water partition coefficient (Wildman–Crippen LogP) is 9.79. The molecule has 1 aliphatic heterocycles. The molecule has 0 N–H and O–H groups in total. The highest BCUT2D eigenvalue weighted by Gasteiger charge is 2.36. The topological polar surface area (TPSA) is 12.5 Å². The molecule has 0 radical (unpaired) electrons. The van der Waals surface area contributed by atoms with Crippen molar-refractivity contribution in [3.63, 3.8) is 0 Å². The van der Waals surface area contributed by atoms with Gasteiger partial charge >= 0.3 is 0 Å². The summed E-state index contributed by atoms with van der Waals surface area (Å²) in [5.74, 6) is 4.98. The molecule has 1 nitrogen and oxygen atoms in total. The number of ether oxygens (including phenoxy) is 1. The Labute approximate surface area is 211 Å². The van der Waals surface area contributed by atoms with Crippen molar-refractivity contribution in [2.45, 2.75) is 109 Å². The van der Waals surface area contributed by atoms with E-state index in [-0.39, 0.29) is 11.9 Å². The second-order valence-electron chi connectivity index (χ2n) is 11.9. The number of allylic oxidation sites excluding steroid dienone is 2. The first-order valence-electron chi connectivity index (χ1n) is 14.3. The van der Waals surface area contributed by atoms with Crippen LogP contribution in [0.1, 0.15) is 120 Å². The largest absolute Gasteiger partial charge is 0.368 e. The van der Waals surface area contributed by atoms with Gasteiger partial charge in [-0.25, -0.2) is 4.39 Å². The van der Waals surface area contributed by atoms with Crippen LogP contribution in [-0.2, 0) is 4.74 Å². The molecule has 4 aliphatic rings. The van der Waals surface area contributed by atoms with Gasteiger partial charge in [-0.2, -0.15) is 0 Å². The van der Waals surface area contributed by atoms with Gasteiger partial charge in [-0.3, -0.25) is 0 Å². The van der Waals surface area contributed by atoms with E-state index in [1.807, 2.05) is 6.07 Å². The molecule has 1 atom stereocenters. The molecule has 1 heterocycles. The summed E-state index contributed by atoms with van der Waals surface area (Å²) >= 11 is 6.49. The molecule has 4 fully saturated rings. The van der Waals surface area contributed by atoms with Crippen LogP contribution in [0.2, 0.25) is 5.02 Å². The first-order valence-corrected chi connectivity index (χ1v) is 14.7. The van der Waals surface area contributed by atoms with Gasteiger partial charge in [-0.05, 0) is 125 Å². The Bertz CT molecular complexity index is 822. The molecule has 1 unspecified atom stereocenters. The summed E-state index contributed by atoms with van der Waals surface area (Å²) in [5, 5.41) is 0.355. The van der Waals surface area contributed by atoms with Gasteiger partial charge in [0.05, 0.1) is 11.6 Å². The Morgan fingerprint density at radius 3 is 1.85 bits per heavy atom. The van der Waals surface area contributed by atoms with E-state index in [9.17, 15) is 4.39 Å². The van der Waals surface area contributed by atoms with Crippen LogP contribution in [0.3, 0.4) is 0 Å². The summed E-state index contributed by atoms with van der Waals surface area (Å²) in [6, 6.07) is 3.99. The zero-order valence-electron chi connectivity index (χ0n) is 21.1. The van der Waals surface area contributed by atoms with Gasteiger partial charge in [0.25, 0.3) is 0 Å². The number of benzene rings is 1. The second kappa shape index (κ2) is 11.5. The van der Waals surface area contributed by atoms with Gasteiger partial charge in [-0.15, -0.1) is 0 Å². The third-order valence-electron chi connectivity index (χ3n) is 10.1. The lowest BCUT2D eigenvalue weighted by Gasteiger charge is -2.41. The third-order valence-corrected chi connectivity index (χ3v) is 10.4. The lowest BCUT2D eigenvalue weighted by Crippen LogP contribution is -2.29. The first kappa shape index (κ1) is 24.8. The molecule has 5 rings (SSSR count). The van der Waals surface area contributed by atoms with Crippen molar-refractivity contribution in [2.75, 3.05) is 6.61 Å². The van der Waals surface area contributed by atoms with Crippen molar-refractivity contribution < 1.29 is 9.13 Å². The van der Waals surface area contributed by atoms with Crippen molar-refractivity contribution in [1.29, 1.82) is 0 Å². The molecule has 3 heteroatoms. The molecule has 34 heavy (non-hydrogen) atoms. The third kappa shape index (κ3) is 5.75. The molecule has 0 bridgehead atoms. The first-order chi connectivity index (χ1) is 16.6. The fourth-order valence-corrected chi connectivity index (χ4v) is 8.13. The van der Waals surface area contributed by atoms with E-state index < -0.39 is 0 Å². The predicted molar refractivity (Wildman–Crippen MR) is 140 cm³/mol. The maximum atomic E-state index is 14.7. The maximum Gasteiger partial charge on any atom is 0.147 e. The van der Waals surface area contributed by atoms with Gasteiger partial charge in [-0.1, -0.05) is 48.7 Å². The molecule has 0 spiro atoms. The molecule has 3 saturated carbocycles. The van der Waals surface area contributed by atoms with Crippen molar-refractivity contribution in [1.82, 2.24) is 0 Å². The fourth-order valence-electron chi connectivity index (χ4n) is 7.81. The summed E-state index contributed by atoms with van der Waals surface area (Å²) < 4.78 is 20.0. The Morgan fingerprint density at radius 1 is 0.824 bits per heavy atom. The molecule has 188 valence electrons. The molecular weight excluding hydrogens is 443 g/mol. The van der Waals surface area contributed by atoms with Crippen LogP contribution in [0, 0.1) is 35.4 Å². The van der Waals surface area contributed by atoms with Gasteiger partial charge in [0.2, 0.25) is 0 Å². The fraction of sp³-hybridized carbons (Fsp3) is 0.742. The van der Waals surface area contributed by atoms with Gasteiger partial charge in [0.1, 0.15) is 11.9 Å². The number of epoxide rings is 1. The zero-order chi connectivity index (χ0) is 23.5. The number of rotatable bonds is 7. The summed E-state index contributed by atoms with van der Waals surface area (Å²) in [7, 11) is 0. The van der Waals surface area contributed by atoms with Crippen LogP contribution in [0.15, 0.2) is 24.3 Å². The van der Waals surface area contributed by atoms with Crippen molar-refractivity contribution >= 4 is 11.6 Å². The number of hydrogen-bond acceptors (Lipinski definition) is 1. The molecule has 3 aliphatic carbocycles. The van der Waals surface area contributed by atoms with Crippen LogP contribution in [0.25, 0.3) is 0 Å². The minimum Gasteiger partial charge on any atom is -0.368 e. The lowest BCUT2D eigenvalue weighted by atomic mass is 9.64. The zero-order valence-corrected chi connectivity index (χ0v) is 21.9. The van der Waals surface area contributed by atoms with Crippen molar-refractivity contribution in [3.8, 4) is 0 Å². The SMILES string of the molecule is C/C=C/CCC1CCC(C2CCC(C3CCC(c4ccc(C5CO5)c(F)c4Cl)CC3)CC2)CC1.